The first-order chi connectivity index (χ1) is 12.4. The molecule has 0 fully saturated rings. The molecule has 10 heteroatoms. The van der Waals surface area contributed by atoms with E-state index < -0.39 is 17.4 Å². The van der Waals surface area contributed by atoms with Gasteiger partial charge in [0.2, 0.25) is 0 Å². The van der Waals surface area contributed by atoms with Gasteiger partial charge in [0.1, 0.15) is 0 Å². The van der Waals surface area contributed by atoms with Gasteiger partial charge in [0.25, 0.3) is 5.91 Å². The minimum Gasteiger partial charge on any atom is -0.504 e. The Hall–Kier alpha value is -3.14. The molecule has 26 heavy (non-hydrogen) atoms. The summed E-state index contributed by atoms with van der Waals surface area (Å²) in [4.78, 5) is 22.1. The summed E-state index contributed by atoms with van der Waals surface area (Å²) in [6.07, 6.45) is 1.23. The number of hydrogen-bond acceptors (Lipinski definition) is 7. The van der Waals surface area contributed by atoms with Gasteiger partial charge < -0.3 is 14.6 Å². The fourth-order valence-electron chi connectivity index (χ4n) is 1.91. The molecule has 0 bridgehead atoms. The van der Waals surface area contributed by atoms with Crippen molar-refractivity contribution >= 4 is 33.7 Å². The lowest BCUT2D eigenvalue weighted by atomic mass is 10.2. The number of nitrogens with one attached hydrogen (secondary N) is 1. The standard InChI is InChI=1S/C16H14BrN3O6/c1-25-14-4-2-3-10(16(14)22)8-18-19-15(21)9-26-13-6-5-11(17)7-12(13)20(23)24/h2-8,22H,9H2,1H3,(H,19,21)/b18-8+. The van der Waals surface area contributed by atoms with E-state index in [2.05, 4.69) is 26.5 Å². The minimum atomic E-state index is -0.624. The van der Waals surface area contributed by atoms with Crippen LogP contribution in [0.25, 0.3) is 0 Å². The number of hydrazone groups is 1. The van der Waals surface area contributed by atoms with E-state index in [4.69, 9.17) is 9.47 Å². The summed E-state index contributed by atoms with van der Waals surface area (Å²) in [6.45, 7) is -0.468. The van der Waals surface area contributed by atoms with Crippen molar-refractivity contribution < 1.29 is 24.3 Å². The number of hydrogen-bond donors (Lipinski definition) is 2. The Morgan fingerprint density at radius 1 is 1.38 bits per heavy atom. The van der Waals surface area contributed by atoms with Crippen LogP contribution in [0, 0.1) is 10.1 Å². The number of aromatic hydroxyl groups is 1. The molecule has 0 radical (unpaired) electrons. The molecule has 2 aromatic carbocycles. The third-order valence-electron chi connectivity index (χ3n) is 3.12. The predicted molar refractivity (Wildman–Crippen MR) is 96.7 cm³/mol. The van der Waals surface area contributed by atoms with Gasteiger partial charge in [0.15, 0.2) is 23.9 Å². The number of phenols is 1. The summed E-state index contributed by atoms with van der Waals surface area (Å²) < 4.78 is 10.6. The fourth-order valence-corrected chi connectivity index (χ4v) is 2.26. The molecule has 0 spiro atoms. The van der Waals surface area contributed by atoms with Crippen LogP contribution >= 0.6 is 15.9 Å². The largest absolute Gasteiger partial charge is 0.504 e. The van der Waals surface area contributed by atoms with Gasteiger partial charge >= 0.3 is 5.69 Å². The Kier molecular flexibility index (Phi) is 6.50. The number of phenolic OH excluding ortho intramolecular Hbond substituents is 1. The number of nitro groups is 1. The van der Waals surface area contributed by atoms with Crippen molar-refractivity contribution in [2.24, 2.45) is 5.10 Å². The van der Waals surface area contributed by atoms with Crippen molar-refractivity contribution in [3.63, 3.8) is 0 Å². The smallest absolute Gasteiger partial charge is 0.312 e. The van der Waals surface area contributed by atoms with Crippen LogP contribution in [0.3, 0.4) is 0 Å². The zero-order valence-electron chi connectivity index (χ0n) is 13.5. The average Bonchev–Trinajstić information content (AvgIpc) is 2.62. The van der Waals surface area contributed by atoms with E-state index in [-0.39, 0.29) is 22.9 Å². The quantitative estimate of drug-likeness (QED) is 0.400. The fraction of sp³-hybridized carbons (Fsp3) is 0.125. The molecule has 1 amide bonds. The van der Waals surface area contributed by atoms with E-state index in [0.29, 0.717) is 10.0 Å². The van der Waals surface area contributed by atoms with Gasteiger partial charge in [-0.2, -0.15) is 5.10 Å². The van der Waals surface area contributed by atoms with Crippen LogP contribution in [-0.4, -0.2) is 35.9 Å². The molecule has 9 nitrogen and oxygen atoms in total. The lowest BCUT2D eigenvalue weighted by Crippen LogP contribution is -2.24. The van der Waals surface area contributed by atoms with Crippen molar-refractivity contribution in [2.45, 2.75) is 0 Å². The maximum Gasteiger partial charge on any atom is 0.312 e. The summed E-state index contributed by atoms with van der Waals surface area (Å²) >= 11 is 3.13. The van der Waals surface area contributed by atoms with E-state index in [0.717, 1.165) is 0 Å². The predicted octanol–water partition coefficient (Wildman–Crippen LogP) is 2.60. The van der Waals surface area contributed by atoms with E-state index in [1.54, 1.807) is 24.3 Å². The molecule has 0 unspecified atom stereocenters. The van der Waals surface area contributed by atoms with Crippen molar-refractivity contribution in [1.82, 2.24) is 5.43 Å². The van der Waals surface area contributed by atoms with Crippen LogP contribution in [0.15, 0.2) is 46.0 Å². The van der Waals surface area contributed by atoms with Crippen LogP contribution in [0.5, 0.6) is 17.2 Å². The van der Waals surface area contributed by atoms with Gasteiger partial charge in [-0.05, 0) is 24.3 Å². The molecular formula is C16H14BrN3O6. The molecule has 2 aromatic rings. The Labute approximate surface area is 156 Å². The molecule has 0 saturated heterocycles. The van der Waals surface area contributed by atoms with Crippen molar-refractivity contribution in [2.75, 3.05) is 13.7 Å². The van der Waals surface area contributed by atoms with E-state index in [1.165, 1.54) is 25.5 Å². The monoisotopic (exact) mass is 423 g/mol. The van der Waals surface area contributed by atoms with Crippen molar-refractivity contribution in [3.8, 4) is 17.2 Å². The molecule has 2 rings (SSSR count). The molecule has 0 atom stereocenters. The third kappa shape index (κ3) is 4.93. The number of para-hydroxylation sites is 1. The molecule has 0 aliphatic heterocycles. The number of benzene rings is 2. The number of nitrogens with zero attached hydrogens (tertiary/aromatic N) is 2. The second-order valence-corrected chi connectivity index (χ2v) is 5.76. The van der Waals surface area contributed by atoms with Gasteiger partial charge in [-0.1, -0.05) is 22.0 Å². The molecule has 136 valence electrons. The van der Waals surface area contributed by atoms with Gasteiger partial charge in [-0.25, -0.2) is 5.43 Å². The summed E-state index contributed by atoms with van der Waals surface area (Å²) in [5.74, 6) is -0.510. The number of ether oxygens (including phenoxy) is 2. The SMILES string of the molecule is COc1cccc(/C=N/NC(=O)COc2ccc(Br)cc2[N+](=O)[O-])c1O. The Balaban J connectivity index is 1.95. The van der Waals surface area contributed by atoms with Crippen LogP contribution in [-0.2, 0) is 4.79 Å². The molecule has 0 aliphatic carbocycles. The minimum absolute atomic E-state index is 0.0391. The van der Waals surface area contributed by atoms with Crippen molar-refractivity contribution in [1.29, 1.82) is 0 Å². The first kappa shape index (κ1) is 19.2. The van der Waals surface area contributed by atoms with Gasteiger partial charge in [-0.3, -0.25) is 14.9 Å². The number of halogens is 1. The maximum absolute atomic E-state index is 11.7. The number of nitro benzene ring substituents is 1. The molecule has 0 heterocycles. The molecule has 2 N–H and O–H groups in total. The number of carbonyl (C=O) groups excluding carboxylic acids is 1. The highest BCUT2D eigenvalue weighted by Gasteiger charge is 2.16. The summed E-state index contributed by atoms with van der Waals surface area (Å²) in [6, 6.07) is 9.02. The average molecular weight is 424 g/mol. The topological polar surface area (TPSA) is 123 Å². The highest BCUT2D eigenvalue weighted by atomic mass is 79.9. The Bertz CT molecular complexity index is 856. The van der Waals surface area contributed by atoms with E-state index in [1.807, 2.05) is 0 Å². The number of rotatable bonds is 7. The maximum atomic E-state index is 11.7. The van der Waals surface area contributed by atoms with Crippen molar-refractivity contribution in [3.05, 3.63) is 56.5 Å². The second kappa shape index (κ2) is 8.81. The zero-order chi connectivity index (χ0) is 19.1. The third-order valence-corrected chi connectivity index (χ3v) is 3.61. The first-order valence-corrected chi connectivity index (χ1v) is 7.96. The lowest BCUT2D eigenvalue weighted by Gasteiger charge is -2.06. The summed E-state index contributed by atoms with van der Waals surface area (Å²) in [7, 11) is 1.41. The van der Waals surface area contributed by atoms with Crippen LogP contribution in [0.1, 0.15) is 5.56 Å². The van der Waals surface area contributed by atoms with Gasteiger partial charge in [-0.15, -0.1) is 0 Å². The number of amides is 1. The zero-order valence-corrected chi connectivity index (χ0v) is 15.1. The van der Waals surface area contributed by atoms with E-state index >= 15 is 0 Å². The van der Waals surface area contributed by atoms with Gasteiger partial charge in [0.05, 0.1) is 18.2 Å². The van der Waals surface area contributed by atoms with Crippen LogP contribution in [0.4, 0.5) is 5.69 Å². The number of carbonyl (C=O) groups is 1. The summed E-state index contributed by atoms with van der Waals surface area (Å²) in [5.41, 5.74) is 2.28. The normalized spacial score (nSPS) is 10.5. The highest BCUT2D eigenvalue weighted by Crippen LogP contribution is 2.30. The number of methoxy groups -OCH3 is 1. The lowest BCUT2D eigenvalue weighted by molar-refractivity contribution is -0.385. The molecule has 0 aliphatic rings. The van der Waals surface area contributed by atoms with Gasteiger partial charge in [0, 0.05) is 16.1 Å². The van der Waals surface area contributed by atoms with E-state index in [9.17, 15) is 20.0 Å². The molecular weight excluding hydrogens is 410 g/mol. The highest BCUT2D eigenvalue weighted by molar-refractivity contribution is 9.10. The molecule has 0 saturated carbocycles. The van der Waals surface area contributed by atoms with Crippen LogP contribution in [0.2, 0.25) is 0 Å². The summed E-state index contributed by atoms with van der Waals surface area (Å²) in [5, 5.41) is 24.6. The Morgan fingerprint density at radius 2 is 2.15 bits per heavy atom. The molecule has 0 aromatic heterocycles. The second-order valence-electron chi connectivity index (χ2n) is 4.85. The first-order valence-electron chi connectivity index (χ1n) is 7.17. The van der Waals surface area contributed by atoms with Crippen LogP contribution < -0.4 is 14.9 Å². The Morgan fingerprint density at radius 3 is 2.85 bits per heavy atom.